The zero-order valence-electron chi connectivity index (χ0n) is 17.1. The molecule has 0 radical (unpaired) electrons. The molecule has 0 N–H and O–H groups in total. The van der Waals surface area contributed by atoms with Gasteiger partial charge in [-0.25, -0.2) is 5.01 Å². The number of carbonyl (C=O) groups is 1. The van der Waals surface area contributed by atoms with Gasteiger partial charge in [-0.1, -0.05) is 66.7 Å². The summed E-state index contributed by atoms with van der Waals surface area (Å²) >= 11 is 0. The molecule has 0 unspecified atom stereocenters. The van der Waals surface area contributed by atoms with E-state index in [9.17, 15) is 4.79 Å². The van der Waals surface area contributed by atoms with Gasteiger partial charge in [0.15, 0.2) is 0 Å². The smallest absolute Gasteiger partial charge is 0.229 e. The maximum atomic E-state index is 12.7. The first-order valence-electron chi connectivity index (χ1n) is 10.5. The molecule has 3 aromatic carbocycles. The van der Waals surface area contributed by atoms with Crippen LogP contribution in [-0.4, -0.2) is 21.2 Å². The molecule has 6 rings (SSSR count). The van der Waals surface area contributed by atoms with E-state index >= 15 is 0 Å². The van der Waals surface area contributed by atoms with Crippen LogP contribution in [0.3, 0.4) is 0 Å². The van der Waals surface area contributed by atoms with Crippen LogP contribution in [0.15, 0.2) is 90.0 Å². The van der Waals surface area contributed by atoms with Gasteiger partial charge in [0.25, 0.3) is 0 Å². The van der Waals surface area contributed by atoms with Gasteiger partial charge in [-0.05, 0) is 23.8 Å². The van der Waals surface area contributed by atoms with Crippen LogP contribution in [-0.2, 0) is 0 Å². The third-order valence-corrected chi connectivity index (χ3v) is 6.11. The SMILES string of the molecule is CC(=O)n1c([C@H]2Oc3ccccc3[C@@H]3CC(c4ccccc4)=NN23)cc2ccccc21. The molecule has 3 heterocycles. The fourth-order valence-electron chi connectivity index (χ4n) is 4.74. The van der Waals surface area contributed by atoms with Gasteiger partial charge in [0.1, 0.15) is 5.75 Å². The van der Waals surface area contributed by atoms with E-state index in [2.05, 4.69) is 18.2 Å². The maximum absolute atomic E-state index is 12.7. The van der Waals surface area contributed by atoms with Crippen molar-refractivity contribution in [1.29, 1.82) is 0 Å². The second-order valence-corrected chi connectivity index (χ2v) is 8.00. The van der Waals surface area contributed by atoms with Crippen molar-refractivity contribution in [2.45, 2.75) is 25.6 Å². The number of hydrogen-bond acceptors (Lipinski definition) is 4. The van der Waals surface area contributed by atoms with E-state index in [-0.39, 0.29) is 11.9 Å². The van der Waals surface area contributed by atoms with Crippen molar-refractivity contribution < 1.29 is 9.53 Å². The molecule has 1 aromatic heterocycles. The predicted octanol–water partition coefficient (Wildman–Crippen LogP) is 5.54. The molecule has 0 saturated heterocycles. The summed E-state index contributed by atoms with van der Waals surface area (Å²) < 4.78 is 8.23. The third kappa shape index (κ3) is 2.77. The fraction of sp³-hybridized carbons (Fsp3) is 0.154. The second-order valence-electron chi connectivity index (χ2n) is 8.00. The number of hydrazone groups is 1. The van der Waals surface area contributed by atoms with Crippen molar-refractivity contribution in [1.82, 2.24) is 9.58 Å². The Bertz CT molecular complexity index is 1340. The lowest BCUT2D eigenvalue weighted by atomic mass is 9.96. The van der Waals surface area contributed by atoms with Crippen LogP contribution in [0, 0.1) is 0 Å². The first kappa shape index (κ1) is 18.0. The molecule has 2 atom stereocenters. The zero-order valence-corrected chi connectivity index (χ0v) is 17.1. The lowest BCUT2D eigenvalue weighted by molar-refractivity contribution is -0.0232. The van der Waals surface area contributed by atoms with E-state index < -0.39 is 6.23 Å². The monoisotopic (exact) mass is 407 g/mol. The number of fused-ring (bicyclic) bond motifs is 4. The molecular formula is C26H21N3O2. The zero-order chi connectivity index (χ0) is 20.9. The summed E-state index contributed by atoms with van der Waals surface area (Å²) in [6.45, 7) is 1.59. The Morgan fingerprint density at radius 1 is 0.968 bits per heavy atom. The number of aromatic nitrogens is 1. The summed E-state index contributed by atoms with van der Waals surface area (Å²) in [4.78, 5) is 12.7. The van der Waals surface area contributed by atoms with Crippen LogP contribution >= 0.6 is 0 Å². The molecule has 0 spiro atoms. The highest BCUT2D eigenvalue weighted by Gasteiger charge is 2.42. The molecule has 0 aliphatic carbocycles. The van der Waals surface area contributed by atoms with Crippen molar-refractivity contribution in [3.05, 3.63) is 102 Å². The first-order valence-corrected chi connectivity index (χ1v) is 10.5. The van der Waals surface area contributed by atoms with E-state index in [0.717, 1.165) is 45.6 Å². The summed E-state index contributed by atoms with van der Waals surface area (Å²) in [5, 5.41) is 8.05. The fourth-order valence-corrected chi connectivity index (χ4v) is 4.74. The number of para-hydroxylation sites is 2. The van der Waals surface area contributed by atoms with Crippen molar-refractivity contribution in [3.8, 4) is 5.75 Å². The first-order chi connectivity index (χ1) is 15.2. The molecule has 0 amide bonds. The third-order valence-electron chi connectivity index (χ3n) is 6.11. The Kier molecular flexibility index (Phi) is 3.96. The van der Waals surface area contributed by atoms with Crippen molar-refractivity contribution in [2.75, 3.05) is 0 Å². The minimum absolute atomic E-state index is 0.0401. The highest BCUT2D eigenvalue weighted by molar-refractivity contribution is 6.02. The van der Waals surface area contributed by atoms with E-state index in [0.29, 0.717) is 0 Å². The minimum Gasteiger partial charge on any atom is -0.463 e. The molecule has 31 heavy (non-hydrogen) atoms. The number of benzene rings is 3. The average Bonchev–Trinajstić information content (AvgIpc) is 3.42. The predicted molar refractivity (Wildman–Crippen MR) is 120 cm³/mol. The van der Waals surface area contributed by atoms with Crippen molar-refractivity contribution in [3.63, 3.8) is 0 Å². The van der Waals surface area contributed by atoms with Crippen LogP contribution in [0.2, 0.25) is 0 Å². The summed E-state index contributed by atoms with van der Waals surface area (Å²) in [6, 6.07) is 28.4. The van der Waals surface area contributed by atoms with Gasteiger partial charge in [0.05, 0.1) is 23.0 Å². The maximum Gasteiger partial charge on any atom is 0.229 e. The van der Waals surface area contributed by atoms with Gasteiger partial charge < -0.3 is 4.74 Å². The summed E-state index contributed by atoms with van der Waals surface area (Å²) in [6.07, 6.45) is 0.304. The van der Waals surface area contributed by atoms with Gasteiger partial charge in [-0.3, -0.25) is 9.36 Å². The van der Waals surface area contributed by atoms with Crippen LogP contribution in [0.25, 0.3) is 10.9 Å². The van der Waals surface area contributed by atoms with Gasteiger partial charge >= 0.3 is 0 Å². The largest absolute Gasteiger partial charge is 0.463 e. The standard InChI is InChI=1S/C26H21N3O2/c1-17(30)28-22-13-7-5-11-19(22)15-24(28)26-29-23(20-12-6-8-14-25(20)31-26)16-21(27-29)18-9-3-2-4-10-18/h2-15,23,26H,16H2,1H3/t23-,26+/m0/s1. The highest BCUT2D eigenvalue weighted by atomic mass is 16.5. The Morgan fingerprint density at radius 2 is 1.71 bits per heavy atom. The van der Waals surface area contributed by atoms with Crippen LogP contribution in [0.4, 0.5) is 0 Å². The molecule has 2 aliphatic heterocycles. The Balaban J connectivity index is 1.54. The normalized spacial score (nSPS) is 19.5. The van der Waals surface area contributed by atoms with Crippen molar-refractivity contribution in [2.24, 2.45) is 5.10 Å². The van der Waals surface area contributed by atoms with Gasteiger partial charge in [-0.2, -0.15) is 5.10 Å². The van der Waals surface area contributed by atoms with Gasteiger partial charge in [-0.15, -0.1) is 0 Å². The number of nitrogens with zero attached hydrogens (tertiary/aromatic N) is 3. The molecule has 0 bridgehead atoms. The highest BCUT2D eigenvalue weighted by Crippen LogP contribution is 2.48. The number of rotatable bonds is 2. The number of carbonyl (C=O) groups excluding carboxylic acids is 1. The second kappa shape index (κ2) is 6.84. The Hall–Kier alpha value is -3.86. The molecule has 152 valence electrons. The average molecular weight is 407 g/mol. The van der Waals surface area contributed by atoms with Crippen LogP contribution in [0.1, 0.15) is 47.2 Å². The molecule has 0 saturated carbocycles. The molecule has 2 aliphatic rings. The number of hydrogen-bond donors (Lipinski definition) is 0. The van der Waals surface area contributed by atoms with E-state index in [4.69, 9.17) is 9.84 Å². The van der Waals surface area contributed by atoms with Gasteiger partial charge in [0.2, 0.25) is 12.1 Å². The Morgan fingerprint density at radius 3 is 2.55 bits per heavy atom. The molecular weight excluding hydrogens is 386 g/mol. The molecule has 5 nitrogen and oxygen atoms in total. The number of ether oxygens (including phenoxy) is 1. The molecule has 4 aromatic rings. The van der Waals surface area contributed by atoms with Gasteiger partial charge in [0, 0.05) is 24.3 Å². The van der Waals surface area contributed by atoms with Crippen molar-refractivity contribution >= 4 is 22.5 Å². The van der Waals surface area contributed by atoms with E-state index in [1.807, 2.05) is 71.7 Å². The molecule has 0 fully saturated rings. The van der Waals surface area contributed by atoms with E-state index in [1.54, 1.807) is 11.5 Å². The van der Waals surface area contributed by atoms with E-state index in [1.165, 1.54) is 0 Å². The lowest BCUT2D eigenvalue weighted by Crippen LogP contribution is -2.35. The topological polar surface area (TPSA) is 46.8 Å². The van der Waals surface area contributed by atoms with Crippen LogP contribution in [0.5, 0.6) is 5.75 Å². The summed E-state index contributed by atoms with van der Waals surface area (Å²) in [7, 11) is 0. The quantitative estimate of drug-likeness (QED) is 0.438. The Labute approximate surface area is 180 Å². The lowest BCUT2D eigenvalue weighted by Gasteiger charge is -2.38. The molecule has 5 heteroatoms. The van der Waals surface area contributed by atoms with Crippen LogP contribution < -0.4 is 4.74 Å². The summed E-state index contributed by atoms with van der Waals surface area (Å²) in [5.74, 6) is 0.806. The summed E-state index contributed by atoms with van der Waals surface area (Å²) in [5.41, 5.74) is 4.95. The minimum atomic E-state index is -0.489.